The summed E-state index contributed by atoms with van der Waals surface area (Å²) in [5, 5.41) is 13.6. The predicted molar refractivity (Wildman–Crippen MR) is 110 cm³/mol. The number of hydrogen-bond acceptors (Lipinski definition) is 6. The van der Waals surface area contributed by atoms with Crippen LogP contribution >= 0.6 is 0 Å². The summed E-state index contributed by atoms with van der Waals surface area (Å²) in [4.78, 5) is 8.20. The van der Waals surface area contributed by atoms with Gasteiger partial charge in [-0.05, 0) is 18.2 Å². The number of ether oxygens (including phenoxy) is 1. The standard InChI is InChI=1S/C21H24FN5O2/c22-16-5-2-1-4-15(16)12-27(28)10-8-14(9-11-27)13-29-18-7-3-6-17-19(18)20(23)26-21(24)25-17/h1-7,14H,8-13H2,(H4,23,24,25,26). The van der Waals surface area contributed by atoms with E-state index in [-0.39, 0.29) is 30.0 Å². The van der Waals surface area contributed by atoms with Gasteiger partial charge < -0.3 is 26.1 Å². The van der Waals surface area contributed by atoms with Gasteiger partial charge >= 0.3 is 0 Å². The average molecular weight is 397 g/mol. The molecule has 29 heavy (non-hydrogen) atoms. The monoisotopic (exact) mass is 397 g/mol. The maximum absolute atomic E-state index is 13.9. The van der Waals surface area contributed by atoms with Crippen molar-refractivity contribution < 1.29 is 13.8 Å². The molecule has 0 radical (unpaired) electrons. The molecule has 4 rings (SSSR count). The molecule has 152 valence electrons. The van der Waals surface area contributed by atoms with Crippen molar-refractivity contribution in [3.63, 3.8) is 0 Å². The molecule has 2 aromatic carbocycles. The number of likely N-dealkylation sites (tertiary alicyclic amines) is 1. The van der Waals surface area contributed by atoms with Crippen molar-refractivity contribution in [3.8, 4) is 5.75 Å². The van der Waals surface area contributed by atoms with Gasteiger partial charge in [-0.3, -0.25) is 0 Å². The van der Waals surface area contributed by atoms with Crippen molar-refractivity contribution in [1.29, 1.82) is 0 Å². The molecule has 0 spiro atoms. The molecule has 4 N–H and O–H groups in total. The minimum absolute atomic E-state index is 0.124. The number of piperidine rings is 1. The van der Waals surface area contributed by atoms with Gasteiger partial charge in [-0.1, -0.05) is 24.3 Å². The first-order chi connectivity index (χ1) is 13.9. The lowest BCUT2D eigenvalue weighted by atomic mass is 9.96. The van der Waals surface area contributed by atoms with Crippen molar-refractivity contribution in [2.45, 2.75) is 19.4 Å². The topological polar surface area (TPSA) is 110 Å². The van der Waals surface area contributed by atoms with Gasteiger partial charge in [0.05, 0.1) is 30.6 Å². The van der Waals surface area contributed by atoms with Crippen molar-refractivity contribution >= 4 is 22.7 Å². The van der Waals surface area contributed by atoms with Crippen LogP contribution < -0.4 is 16.2 Å². The quantitative estimate of drug-likeness (QED) is 0.505. The van der Waals surface area contributed by atoms with E-state index in [1.165, 1.54) is 6.07 Å². The third kappa shape index (κ3) is 4.23. The highest BCUT2D eigenvalue weighted by molar-refractivity contribution is 5.94. The van der Waals surface area contributed by atoms with E-state index in [1.54, 1.807) is 18.2 Å². The molecule has 0 amide bonds. The fourth-order valence-electron chi connectivity index (χ4n) is 3.88. The average Bonchev–Trinajstić information content (AvgIpc) is 2.69. The second kappa shape index (κ2) is 7.81. The Bertz CT molecular complexity index is 1020. The Morgan fingerprint density at radius 3 is 2.59 bits per heavy atom. The van der Waals surface area contributed by atoms with Gasteiger partial charge in [0.15, 0.2) is 0 Å². The van der Waals surface area contributed by atoms with Crippen LogP contribution in [0.1, 0.15) is 18.4 Å². The van der Waals surface area contributed by atoms with Crippen LogP contribution in [0.4, 0.5) is 16.2 Å². The number of aromatic nitrogens is 2. The van der Waals surface area contributed by atoms with E-state index in [0.29, 0.717) is 41.9 Å². The van der Waals surface area contributed by atoms with E-state index < -0.39 is 4.65 Å². The predicted octanol–water partition coefficient (Wildman–Crippen LogP) is 3.24. The van der Waals surface area contributed by atoms with E-state index in [1.807, 2.05) is 18.2 Å². The highest BCUT2D eigenvalue weighted by Crippen LogP contribution is 2.31. The molecule has 0 unspecified atom stereocenters. The fraction of sp³-hybridized carbons (Fsp3) is 0.333. The number of nitrogen functional groups attached to an aromatic ring is 2. The Hall–Kier alpha value is -2.97. The lowest BCUT2D eigenvalue weighted by molar-refractivity contribution is -0.900. The van der Waals surface area contributed by atoms with Crippen molar-refractivity contribution in [1.82, 2.24) is 9.97 Å². The Morgan fingerprint density at radius 2 is 1.83 bits per heavy atom. The highest BCUT2D eigenvalue weighted by Gasteiger charge is 2.28. The second-order valence-corrected chi connectivity index (χ2v) is 7.63. The Balaban J connectivity index is 1.38. The zero-order chi connectivity index (χ0) is 20.4. The van der Waals surface area contributed by atoms with Crippen LogP contribution in [0.5, 0.6) is 5.75 Å². The van der Waals surface area contributed by atoms with Gasteiger partial charge in [-0.15, -0.1) is 0 Å². The van der Waals surface area contributed by atoms with Crippen LogP contribution in [-0.2, 0) is 6.54 Å². The molecule has 1 aliphatic rings. The van der Waals surface area contributed by atoms with Gasteiger partial charge in [0, 0.05) is 24.3 Å². The molecule has 1 saturated heterocycles. The lowest BCUT2D eigenvalue weighted by Crippen LogP contribution is -2.48. The summed E-state index contributed by atoms with van der Waals surface area (Å²) in [6, 6.07) is 11.9. The summed E-state index contributed by atoms with van der Waals surface area (Å²) < 4.78 is 19.5. The number of fused-ring (bicyclic) bond motifs is 1. The minimum Gasteiger partial charge on any atom is -0.633 e. The molecule has 8 heteroatoms. The Morgan fingerprint density at radius 1 is 1.07 bits per heavy atom. The number of nitrogens with zero attached hydrogens (tertiary/aromatic N) is 3. The summed E-state index contributed by atoms with van der Waals surface area (Å²) in [5.41, 5.74) is 12.8. The Kier molecular flexibility index (Phi) is 5.21. The van der Waals surface area contributed by atoms with Crippen molar-refractivity contribution in [2.24, 2.45) is 5.92 Å². The SMILES string of the molecule is Nc1nc(N)c2c(OCC3CC[N+]([O-])(Cc4ccccc4F)CC3)cccc2n1. The number of nitrogens with two attached hydrogens (primary N) is 2. The summed E-state index contributed by atoms with van der Waals surface area (Å²) in [6.45, 7) is 1.53. The molecular formula is C21H24FN5O2. The summed E-state index contributed by atoms with van der Waals surface area (Å²) in [5.74, 6) is 0.954. The van der Waals surface area contributed by atoms with Gasteiger partial charge in [0.2, 0.25) is 5.95 Å². The number of quaternary nitrogens is 1. The maximum Gasteiger partial charge on any atom is 0.222 e. The smallest absolute Gasteiger partial charge is 0.222 e. The van der Waals surface area contributed by atoms with Gasteiger partial charge in [-0.2, -0.15) is 4.98 Å². The number of hydroxylamine groups is 3. The van der Waals surface area contributed by atoms with Crippen LogP contribution in [0.2, 0.25) is 0 Å². The zero-order valence-electron chi connectivity index (χ0n) is 16.1. The van der Waals surface area contributed by atoms with Crippen LogP contribution in [0.15, 0.2) is 42.5 Å². The van der Waals surface area contributed by atoms with Gasteiger partial charge in [0.1, 0.15) is 23.9 Å². The van der Waals surface area contributed by atoms with Crippen LogP contribution in [0, 0.1) is 16.9 Å². The highest BCUT2D eigenvalue weighted by atomic mass is 19.1. The van der Waals surface area contributed by atoms with E-state index in [9.17, 15) is 9.60 Å². The molecule has 2 heterocycles. The van der Waals surface area contributed by atoms with Gasteiger partial charge in [0.25, 0.3) is 0 Å². The van der Waals surface area contributed by atoms with Crippen LogP contribution in [0.3, 0.4) is 0 Å². The van der Waals surface area contributed by atoms with Crippen molar-refractivity contribution in [3.05, 3.63) is 59.1 Å². The largest absolute Gasteiger partial charge is 0.633 e. The first-order valence-electron chi connectivity index (χ1n) is 9.68. The molecule has 1 aromatic heterocycles. The third-order valence-electron chi connectivity index (χ3n) is 5.51. The lowest BCUT2D eigenvalue weighted by Gasteiger charge is -2.47. The van der Waals surface area contributed by atoms with E-state index >= 15 is 0 Å². The van der Waals surface area contributed by atoms with E-state index in [2.05, 4.69) is 9.97 Å². The molecular weight excluding hydrogens is 373 g/mol. The summed E-state index contributed by atoms with van der Waals surface area (Å²) in [7, 11) is 0. The molecule has 1 aliphatic heterocycles. The number of anilines is 2. The molecule has 0 atom stereocenters. The number of rotatable bonds is 5. The van der Waals surface area contributed by atoms with E-state index in [4.69, 9.17) is 16.2 Å². The van der Waals surface area contributed by atoms with Crippen molar-refractivity contribution in [2.75, 3.05) is 31.2 Å². The van der Waals surface area contributed by atoms with Crippen LogP contribution in [0.25, 0.3) is 10.9 Å². The number of halogens is 1. The molecule has 0 bridgehead atoms. The van der Waals surface area contributed by atoms with Gasteiger partial charge in [-0.25, -0.2) is 9.37 Å². The number of benzene rings is 2. The fourth-order valence-corrected chi connectivity index (χ4v) is 3.88. The van der Waals surface area contributed by atoms with Crippen LogP contribution in [-0.4, -0.2) is 34.3 Å². The molecule has 0 saturated carbocycles. The molecule has 7 nitrogen and oxygen atoms in total. The minimum atomic E-state index is -0.397. The molecule has 3 aromatic rings. The molecule has 1 fully saturated rings. The second-order valence-electron chi connectivity index (χ2n) is 7.63. The molecule has 0 aliphatic carbocycles. The Labute approximate surface area is 168 Å². The summed E-state index contributed by atoms with van der Waals surface area (Å²) in [6.07, 6.45) is 1.45. The van der Waals surface area contributed by atoms with E-state index in [0.717, 1.165) is 12.8 Å². The first kappa shape index (κ1) is 19.4. The third-order valence-corrected chi connectivity index (χ3v) is 5.51. The first-order valence-corrected chi connectivity index (χ1v) is 9.68. The number of hydrogen-bond donors (Lipinski definition) is 2. The summed E-state index contributed by atoms with van der Waals surface area (Å²) >= 11 is 0. The maximum atomic E-state index is 13.9. The normalized spacial score (nSPS) is 21.9. The zero-order valence-corrected chi connectivity index (χ0v) is 16.1.